The Kier molecular flexibility index (Phi) is 5.87. The monoisotopic (exact) mass is 474 g/mol. The van der Waals surface area contributed by atoms with Gasteiger partial charge in [-0.1, -0.05) is 48.5 Å². The average Bonchev–Trinajstić information content (AvgIpc) is 3.34. The van der Waals surface area contributed by atoms with Gasteiger partial charge in [-0.25, -0.2) is 15.0 Å². The van der Waals surface area contributed by atoms with E-state index in [4.69, 9.17) is 4.98 Å². The number of piperazine rings is 1. The van der Waals surface area contributed by atoms with Gasteiger partial charge in [-0.2, -0.15) is 0 Å². The van der Waals surface area contributed by atoms with E-state index in [2.05, 4.69) is 31.6 Å². The van der Waals surface area contributed by atoms with E-state index >= 15 is 0 Å². The van der Waals surface area contributed by atoms with E-state index in [1.54, 1.807) is 6.20 Å². The Labute approximate surface area is 209 Å². The number of aromatic nitrogens is 4. The first-order valence-corrected chi connectivity index (χ1v) is 12.2. The number of carbonyl (C=O) groups excluding carboxylic acids is 1. The third-order valence-corrected chi connectivity index (χ3v) is 6.60. The number of pyridine rings is 2. The van der Waals surface area contributed by atoms with Crippen LogP contribution in [0.3, 0.4) is 0 Å². The van der Waals surface area contributed by atoms with Crippen LogP contribution in [0.2, 0.25) is 0 Å². The summed E-state index contributed by atoms with van der Waals surface area (Å²) in [7, 11) is 0. The van der Waals surface area contributed by atoms with E-state index in [1.807, 2.05) is 83.9 Å². The molecule has 6 rings (SSSR count). The molecule has 1 fully saturated rings. The maximum Gasteiger partial charge on any atom is 0.227 e. The Bertz CT molecular complexity index is 1470. The van der Waals surface area contributed by atoms with Crippen LogP contribution in [0.4, 0.5) is 5.82 Å². The Morgan fingerprint density at radius 3 is 2.25 bits per heavy atom. The smallest absolute Gasteiger partial charge is 0.227 e. The van der Waals surface area contributed by atoms with Crippen molar-refractivity contribution in [3.8, 4) is 17.1 Å². The van der Waals surface area contributed by atoms with E-state index < -0.39 is 0 Å². The average molecular weight is 475 g/mol. The Morgan fingerprint density at radius 1 is 0.750 bits per heavy atom. The summed E-state index contributed by atoms with van der Waals surface area (Å²) in [4.78, 5) is 31.1. The van der Waals surface area contributed by atoms with E-state index in [1.165, 1.54) is 0 Å². The van der Waals surface area contributed by atoms with Crippen molar-refractivity contribution in [1.29, 1.82) is 0 Å². The molecule has 3 aromatic heterocycles. The van der Waals surface area contributed by atoms with E-state index in [-0.39, 0.29) is 5.91 Å². The van der Waals surface area contributed by atoms with Crippen LogP contribution in [-0.4, -0.2) is 56.5 Å². The third-order valence-electron chi connectivity index (χ3n) is 6.60. The Morgan fingerprint density at radius 2 is 1.50 bits per heavy atom. The fraction of sp³-hybridized carbons (Fsp3) is 0.172. The molecule has 0 atom stereocenters. The fourth-order valence-corrected chi connectivity index (χ4v) is 4.71. The number of anilines is 1. The van der Waals surface area contributed by atoms with Gasteiger partial charge in [0.15, 0.2) is 5.65 Å². The lowest BCUT2D eigenvalue weighted by atomic mass is 10.1. The summed E-state index contributed by atoms with van der Waals surface area (Å²) in [5.74, 6) is 1.97. The van der Waals surface area contributed by atoms with Crippen LogP contribution in [0.1, 0.15) is 5.56 Å². The van der Waals surface area contributed by atoms with Crippen molar-refractivity contribution in [1.82, 2.24) is 24.4 Å². The highest BCUT2D eigenvalue weighted by Crippen LogP contribution is 2.27. The van der Waals surface area contributed by atoms with Crippen LogP contribution in [0.15, 0.2) is 97.3 Å². The summed E-state index contributed by atoms with van der Waals surface area (Å²) < 4.78 is 2.08. The standard InChI is InChI=1S/C29H26N6O/c36-27(34-19-17-33(18-20-34)26-10-4-5-15-30-26)21-22-11-13-24(14-12-22)35-28(23-7-2-1-3-8-23)32-25-9-6-16-31-29(25)35/h1-16H,17-21H2. The van der Waals surface area contributed by atoms with Gasteiger partial charge >= 0.3 is 0 Å². The molecule has 1 aliphatic heterocycles. The molecular weight excluding hydrogens is 448 g/mol. The molecule has 5 aromatic rings. The van der Waals surface area contributed by atoms with Crippen molar-refractivity contribution in [3.05, 3.63) is 103 Å². The molecule has 0 bridgehead atoms. The minimum atomic E-state index is 0.156. The number of hydrogen-bond acceptors (Lipinski definition) is 5. The van der Waals surface area contributed by atoms with Gasteiger partial charge in [0.25, 0.3) is 0 Å². The van der Waals surface area contributed by atoms with Crippen molar-refractivity contribution >= 4 is 22.9 Å². The first-order chi connectivity index (χ1) is 17.8. The quantitative estimate of drug-likeness (QED) is 0.378. The first kappa shape index (κ1) is 22.0. The third kappa shape index (κ3) is 4.31. The molecule has 0 saturated carbocycles. The molecule has 36 heavy (non-hydrogen) atoms. The molecule has 1 aliphatic rings. The predicted octanol–water partition coefficient (Wildman–Crippen LogP) is 4.37. The summed E-state index contributed by atoms with van der Waals surface area (Å²) in [5.41, 5.74) is 4.65. The molecule has 1 amide bonds. The summed E-state index contributed by atoms with van der Waals surface area (Å²) in [6, 6.07) is 28.1. The second-order valence-electron chi connectivity index (χ2n) is 8.88. The van der Waals surface area contributed by atoms with Gasteiger partial charge in [-0.3, -0.25) is 9.36 Å². The summed E-state index contributed by atoms with van der Waals surface area (Å²) in [5, 5.41) is 0. The normalized spacial score (nSPS) is 13.8. The number of fused-ring (bicyclic) bond motifs is 1. The molecule has 0 unspecified atom stereocenters. The highest BCUT2D eigenvalue weighted by molar-refractivity contribution is 5.81. The van der Waals surface area contributed by atoms with E-state index in [0.717, 1.165) is 52.7 Å². The number of hydrogen-bond donors (Lipinski definition) is 0. The van der Waals surface area contributed by atoms with Gasteiger partial charge in [0.05, 0.1) is 6.42 Å². The predicted molar refractivity (Wildman–Crippen MR) is 141 cm³/mol. The number of carbonyl (C=O) groups is 1. The van der Waals surface area contributed by atoms with Gasteiger partial charge in [0, 0.05) is 49.8 Å². The lowest BCUT2D eigenvalue weighted by Gasteiger charge is -2.35. The molecule has 7 heteroatoms. The molecule has 0 spiro atoms. The van der Waals surface area contributed by atoms with Gasteiger partial charge in [0.1, 0.15) is 17.2 Å². The van der Waals surface area contributed by atoms with Crippen molar-refractivity contribution in [2.24, 2.45) is 0 Å². The van der Waals surface area contributed by atoms with Crippen LogP contribution in [-0.2, 0) is 11.2 Å². The second kappa shape index (κ2) is 9.62. The molecule has 178 valence electrons. The maximum atomic E-state index is 13.0. The molecule has 7 nitrogen and oxygen atoms in total. The summed E-state index contributed by atoms with van der Waals surface area (Å²) >= 11 is 0. The zero-order valence-electron chi connectivity index (χ0n) is 19.9. The van der Waals surface area contributed by atoms with Crippen LogP contribution in [0.5, 0.6) is 0 Å². The van der Waals surface area contributed by atoms with Crippen molar-refractivity contribution in [3.63, 3.8) is 0 Å². The largest absolute Gasteiger partial charge is 0.353 e. The van der Waals surface area contributed by atoms with Gasteiger partial charge in [-0.05, 0) is 42.0 Å². The molecule has 0 aliphatic carbocycles. The number of imidazole rings is 1. The van der Waals surface area contributed by atoms with Gasteiger partial charge in [-0.15, -0.1) is 0 Å². The zero-order valence-corrected chi connectivity index (χ0v) is 19.9. The highest BCUT2D eigenvalue weighted by Gasteiger charge is 2.22. The molecule has 2 aromatic carbocycles. The number of nitrogens with zero attached hydrogens (tertiary/aromatic N) is 6. The molecule has 1 saturated heterocycles. The molecule has 0 radical (unpaired) electrons. The SMILES string of the molecule is O=C(Cc1ccc(-n2c(-c3ccccc3)nc3cccnc32)cc1)N1CCN(c2ccccn2)CC1. The molecule has 4 heterocycles. The fourth-order valence-electron chi connectivity index (χ4n) is 4.71. The zero-order chi connectivity index (χ0) is 24.3. The van der Waals surface area contributed by atoms with Crippen LogP contribution < -0.4 is 4.90 Å². The Hall–Kier alpha value is -4.52. The van der Waals surface area contributed by atoms with Crippen LogP contribution in [0.25, 0.3) is 28.2 Å². The number of amides is 1. The molecular formula is C29H26N6O. The first-order valence-electron chi connectivity index (χ1n) is 12.2. The Balaban J connectivity index is 1.19. The number of benzene rings is 2. The van der Waals surface area contributed by atoms with Crippen LogP contribution in [0, 0.1) is 0 Å². The van der Waals surface area contributed by atoms with E-state index in [9.17, 15) is 4.79 Å². The molecule has 0 N–H and O–H groups in total. The maximum absolute atomic E-state index is 13.0. The minimum Gasteiger partial charge on any atom is -0.353 e. The van der Waals surface area contributed by atoms with Gasteiger partial charge < -0.3 is 9.80 Å². The second-order valence-corrected chi connectivity index (χ2v) is 8.88. The topological polar surface area (TPSA) is 67.2 Å². The minimum absolute atomic E-state index is 0.156. The summed E-state index contributed by atoms with van der Waals surface area (Å²) in [6.07, 6.45) is 3.98. The number of rotatable bonds is 5. The summed E-state index contributed by atoms with van der Waals surface area (Å²) in [6.45, 7) is 3.01. The lowest BCUT2D eigenvalue weighted by Crippen LogP contribution is -2.49. The lowest BCUT2D eigenvalue weighted by molar-refractivity contribution is -0.130. The van der Waals surface area contributed by atoms with Crippen LogP contribution >= 0.6 is 0 Å². The van der Waals surface area contributed by atoms with Crippen molar-refractivity contribution in [2.75, 3.05) is 31.1 Å². The van der Waals surface area contributed by atoms with Gasteiger partial charge in [0.2, 0.25) is 5.91 Å². The van der Waals surface area contributed by atoms with E-state index in [0.29, 0.717) is 19.5 Å². The highest BCUT2D eigenvalue weighted by atomic mass is 16.2. The van der Waals surface area contributed by atoms with Crippen molar-refractivity contribution in [2.45, 2.75) is 6.42 Å². The van der Waals surface area contributed by atoms with Crippen molar-refractivity contribution < 1.29 is 4.79 Å².